The van der Waals surface area contributed by atoms with Gasteiger partial charge in [0.25, 0.3) is 0 Å². The van der Waals surface area contributed by atoms with Crippen molar-refractivity contribution in [3.63, 3.8) is 0 Å². The van der Waals surface area contributed by atoms with E-state index in [9.17, 15) is 0 Å². The van der Waals surface area contributed by atoms with Gasteiger partial charge in [-0.2, -0.15) is 0 Å². The SMILES string of the molecule is Br.CC1(C)CCCC1(C)N. The van der Waals surface area contributed by atoms with Gasteiger partial charge in [-0.05, 0) is 25.2 Å². The van der Waals surface area contributed by atoms with Gasteiger partial charge >= 0.3 is 0 Å². The molecule has 1 unspecified atom stereocenters. The van der Waals surface area contributed by atoms with E-state index in [0.717, 1.165) is 0 Å². The van der Waals surface area contributed by atoms with Gasteiger partial charge in [0.2, 0.25) is 0 Å². The van der Waals surface area contributed by atoms with Crippen molar-refractivity contribution in [1.82, 2.24) is 0 Å². The Balaban J connectivity index is 0.000000810. The lowest BCUT2D eigenvalue weighted by Gasteiger charge is -2.34. The van der Waals surface area contributed by atoms with E-state index >= 15 is 0 Å². The maximum atomic E-state index is 6.06. The smallest absolute Gasteiger partial charge is 0.0177 e. The summed E-state index contributed by atoms with van der Waals surface area (Å²) in [5, 5.41) is 0. The van der Waals surface area contributed by atoms with Crippen molar-refractivity contribution in [3.05, 3.63) is 0 Å². The lowest BCUT2D eigenvalue weighted by Crippen LogP contribution is -2.45. The van der Waals surface area contributed by atoms with Crippen molar-refractivity contribution in [2.45, 2.75) is 45.6 Å². The number of hydrogen-bond donors (Lipinski definition) is 1. The largest absolute Gasteiger partial charge is 0.325 e. The van der Waals surface area contributed by atoms with Crippen LogP contribution in [0.2, 0.25) is 0 Å². The second-order valence-corrected chi connectivity index (χ2v) is 4.15. The van der Waals surface area contributed by atoms with Crippen LogP contribution in [0, 0.1) is 5.41 Å². The maximum Gasteiger partial charge on any atom is 0.0177 e. The van der Waals surface area contributed by atoms with Crippen molar-refractivity contribution in [1.29, 1.82) is 0 Å². The van der Waals surface area contributed by atoms with Gasteiger partial charge in [0.15, 0.2) is 0 Å². The van der Waals surface area contributed by atoms with Gasteiger partial charge in [0.1, 0.15) is 0 Å². The number of nitrogens with two attached hydrogens (primary N) is 1. The first-order chi connectivity index (χ1) is 3.96. The van der Waals surface area contributed by atoms with Crippen LogP contribution in [0.4, 0.5) is 0 Å². The minimum Gasteiger partial charge on any atom is -0.325 e. The molecule has 1 fully saturated rings. The van der Waals surface area contributed by atoms with E-state index in [0.29, 0.717) is 5.41 Å². The second-order valence-electron chi connectivity index (χ2n) is 4.15. The highest BCUT2D eigenvalue weighted by Crippen LogP contribution is 2.43. The first kappa shape index (κ1) is 10.4. The molecule has 0 aromatic carbocycles. The molecule has 0 amide bonds. The van der Waals surface area contributed by atoms with Crippen molar-refractivity contribution in [3.8, 4) is 0 Å². The van der Waals surface area contributed by atoms with Crippen LogP contribution in [0.5, 0.6) is 0 Å². The summed E-state index contributed by atoms with van der Waals surface area (Å²) >= 11 is 0. The highest BCUT2D eigenvalue weighted by molar-refractivity contribution is 8.93. The van der Waals surface area contributed by atoms with E-state index in [4.69, 9.17) is 5.73 Å². The molecule has 1 atom stereocenters. The van der Waals surface area contributed by atoms with E-state index in [1.807, 2.05) is 0 Å². The normalized spacial score (nSPS) is 37.2. The van der Waals surface area contributed by atoms with Crippen LogP contribution in [-0.4, -0.2) is 5.54 Å². The maximum absolute atomic E-state index is 6.06. The third-order valence-electron chi connectivity index (χ3n) is 3.04. The molecule has 62 valence electrons. The average Bonchev–Trinajstić information content (AvgIpc) is 1.81. The lowest BCUT2D eigenvalue weighted by molar-refractivity contribution is 0.230. The molecule has 0 saturated heterocycles. The summed E-state index contributed by atoms with van der Waals surface area (Å²) in [7, 11) is 0. The van der Waals surface area contributed by atoms with Gasteiger partial charge in [0, 0.05) is 5.54 Å². The van der Waals surface area contributed by atoms with E-state index in [1.165, 1.54) is 19.3 Å². The first-order valence-electron chi connectivity index (χ1n) is 3.75. The molecule has 0 aromatic heterocycles. The number of hydrogen-bond acceptors (Lipinski definition) is 1. The molecule has 1 aliphatic carbocycles. The van der Waals surface area contributed by atoms with Crippen LogP contribution in [0.1, 0.15) is 40.0 Å². The molecule has 0 spiro atoms. The molecule has 0 bridgehead atoms. The van der Waals surface area contributed by atoms with Gasteiger partial charge in [0.05, 0.1) is 0 Å². The fraction of sp³-hybridized carbons (Fsp3) is 1.00. The van der Waals surface area contributed by atoms with Crippen molar-refractivity contribution < 1.29 is 0 Å². The van der Waals surface area contributed by atoms with Crippen LogP contribution in [0.15, 0.2) is 0 Å². The molecule has 0 radical (unpaired) electrons. The van der Waals surface area contributed by atoms with Crippen molar-refractivity contribution in [2.24, 2.45) is 11.1 Å². The Bertz CT molecular complexity index is 104. The topological polar surface area (TPSA) is 26.0 Å². The zero-order valence-electron chi connectivity index (χ0n) is 7.11. The molecule has 1 nitrogen and oxygen atoms in total. The highest BCUT2D eigenvalue weighted by atomic mass is 79.9. The monoisotopic (exact) mass is 207 g/mol. The summed E-state index contributed by atoms with van der Waals surface area (Å²) in [6, 6.07) is 0. The van der Waals surface area contributed by atoms with Gasteiger partial charge in [-0.15, -0.1) is 17.0 Å². The predicted octanol–water partition coefficient (Wildman–Crippen LogP) is 2.49. The quantitative estimate of drug-likeness (QED) is 0.650. The summed E-state index contributed by atoms with van der Waals surface area (Å²) in [5.41, 5.74) is 6.51. The van der Waals surface area contributed by atoms with Gasteiger partial charge in [-0.1, -0.05) is 20.3 Å². The molecule has 0 aromatic rings. The van der Waals surface area contributed by atoms with Crippen LogP contribution in [0.3, 0.4) is 0 Å². The van der Waals surface area contributed by atoms with Crippen LogP contribution in [0.25, 0.3) is 0 Å². The van der Waals surface area contributed by atoms with Crippen molar-refractivity contribution >= 4 is 17.0 Å². The minimum absolute atomic E-state index is 0. The molecule has 1 rings (SSSR count). The molecule has 10 heavy (non-hydrogen) atoms. The Hall–Kier alpha value is 0.440. The van der Waals surface area contributed by atoms with Crippen LogP contribution >= 0.6 is 17.0 Å². The van der Waals surface area contributed by atoms with Crippen molar-refractivity contribution in [2.75, 3.05) is 0 Å². The first-order valence-corrected chi connectivity index (χ1v) is 3.75. The molecule has 1 aliphatic rings. The Morgan fingerprint density at radius 1 is 1.10 bits per heavy atom. The zero-order chi connectivity index (χ0) is 7.12. The Morgan fingerprint density at radius 3 is 1.70 bits per heavy atom. The molecule has 2 N–H and O–H groups in total. The van der Waals surface area contributed by atoms with E-state index in [-0.39, 0.29) is 22.5 Å². The fourth-order valence-corrected chi connectivity index (χ4v) is 1.52. The molecular weight excluding hydrogens is 190 g/mol. The molecule has 0 heterocycles. The minimum atomic E-state index is 0. The van der Waals surface area contributed by atoms with Crippen LogP contribution in [-0.2, 0) is 0 Å². The predicted molar refractivity (Wildman–Crippen MR) is 50.5 cm³/mol. The second kappa shape index (κ2) is 2.82. The summed E-state index contributed by atoms with van der Waals surface area (Å²) < 4.78 is 0. The third-order valence-corrected chi connectivity index (χ3v) is 3.04. The summed E-state index contributed by atoms with van der Waals surface area (Å²) in [4.78, 5) is 0. The lowest BCUT2D eigenvalue weighted by atomic mass is 9.77. The van der Waals surface area contributed by atoms with Gasteiger partial charge < -0.3 is 5.73 Å². The molecule has 2 heteroatoms. The molecular formula is C8H18BrN. The zero-order valence-corrected chi connectivity index (χ0v) is 8.82. The molecule has 0 aliphatic heterocycles. The summed E-state index contributed by atoms with van der Waals surface area (Å²) in [5.74, 6) is 0. The number of halogens is 1. The third kappa shape index (κ3) is 1.54. The Morgan fingerprint density at radius 2 is 1.60 bits per heavy atom. The van der Waals surface area contributed by atoms with E-state index < -0.39 is 0 Å². The Kier molecular flexibility index (Phi) is 2.94. The highest BCUT2D eigenvalue weighted by Gasteiger charge is 2.41. The van der Waals surface area contributed by atoms with Gasteiger partial charge in [-0.3, -0.25) is 0 Å². The van der Waals surface area contributed by atoms with E-state index in [2.05, 4.69) is 20.8 Å². The summed E-state index contributed by atoms with van der Waals surface area (Å²) in [6.07, 6.45) is 3.79. The fourth-order valence-electron chi connectivity index (χ4n) is 1.52. The Labute approximate surface area is 74.1 Å². The summed E-state index contributed by atoms with van der Waals surface area (Å²) in [6.45, 7) is 6.69. The van der Waals surface area contributed by atoms with Crippen LogP contribution < -0.4 is 5.73 Å². The average molecular weight is 208 g/mol. The number of rotatable bonds is 0. The van der Waals surface area contributed by atoms with E-state index in [1.54, 1.807) is 0 Å². The standard InChI is InChI=1S/C8H17N.BrH/c1-7(2)5-4-6-8(7,3)9;/h4-6,9H2,1-3H3;1H. The van der Waals surface area contributed by atoms with Gasteiger partial charge in [-0.25, -0.2) is 0 Å². The molecule has 1 saturated carbocycles.